The number of morpholine rings is 2. The van der Waals surface area contributed by atoms with Crippen LogP contribution in [0.4, 0.5) is 5.69 Å². The first-order valence-electron chi connectivity index (χ1n) is 7.48. The van der Waals surface area contributed by atoms with Crippen molar-refractivity contribution in [2.45, 2.75) is 6.29 Å². The Morgan fingerprint density at radius 2 is 1.81 bits per heavy atom. The van der Waals surface area contributed by atoms with E-state index in [4.69, 9.17) is 14.5 Å². The minimum atomic E-state index is 0.0221. The van der Waals surface area contributed by atoms with Crippen LogP contribution in [0.3, 0.4) is 0 Å². The lowest BCUT2D eigenvalue weighted by Crippen LogP contribution is -2.50. The molecule has 0 saturated carbocycles. The lowest BCUT2D eigenvalue weighted by atomic mass is 10.2. The predicted octanol–water partition coefficient (Wildman–Crippen LogP) is 0.868. The highest BCUT2D eigenvalue weighted by Gasteiger charge is 2.30. The van der Waals surface area contributed by atoms with Gasteiger partial charge in [-0.2, -0.15) is 0 Å². The molecule has 7 heteroatoms. The molecular weight excluding hydrogens is 288 g/mol. The highest BCUT2D eigenvalue weighted by molar-refractivity contribution is 7.12. The van der Waals surface area contributed by atoms with Gasteiger partial charge in [-0.05, 0) is 11.4 Å². The Morgan fingerprint density at radius 3 is 2.57 bits per heavy atom. The Labute approximate surface area is 128 Å². The first-order valence-corrected chi connectivity index (χ1v) is 8.36. The first kappa shape index (κ1) is 13.5. The number of aliphatic imine (C=N–C) groups is 1. The summed E-state index contributed by atoms with van der Waals surface area (Å²) in [5.41, 5.74) is 1.20. The fraction of sp³-hybridized carbons (Fsp3) is 0.643. The largest absolute Gasteiger partial charge is 0.379 e. The molecular formula is C14H20N4O2S. The van der Waals surface area contributed by atoms with Crippen LogP contribution in [0.2, 0.25) is 0 Å². The average molecular weight is 308 g/mol. The monoisotopic (exact) mass is 308 g/mol. The summed E-state index contributed by atoms with van der Waals surface area (Å²) in [6.45, 7) is 6.85. The highest BCUT2D eigenvalue weighted by Crippen LogP contribution is 2.30. The van der Waals surface area contributed by atoms with Gasteiger partial charge in [0, 0.05) is 26.2 Å². The van der Waals surface area contributed by atoms with Crippen molar-refractivity contribution in [3.63, 3.8) is 0 Å². The third-order valence-electron chi connectivity index (χ3n) is 4.10. The van der Waals surface area contributed by atoms with Crippen LogP contribution in [0.15, 0.2) is 16.4 Å². The minimum Gasteiger partial charge on any atom is -0.379 e. The van der Waals surface area contributed by atoms with Gasteiger partial charge in [-0.1, -0.05) is 0 Å². The van der Waals surface area contributed by atoms with Gasteiger partial charge in [-0.15, -0.1) is 11.3 Å². The number of fused-ring (bicyclic) bond motifs is 1. The molecule has 3 aliphatic rings. The smallest absolute Gasteiger partial charge is 0.178 e. The number of hydrogen-bond donors (Lipinski definition) is 1. The maximum absolute atomic E-state index is 5.47. The van der Waals surface area contributed by atoms with Crippen molar-refractivity contribution in [3.05, 3.63) is 16.3 Å². The second-order valence-corrected chi connectivity index (χ2v) is 6.30. The maximum Gasteiger partial charge on any atom is 0.178 e. The molecule has 1 unspecified atom stereocenters. The van der Waals surface area contributed by atoms with E-state index in [1.54, 1.807) is 11.3 Å². The van der Waals surface area contributed by atoms with Gasteiger partial charge in [-0.25, -0.2) is 4.99 Å². The van der Waals surface area contributed by atoms with Crippen LogP contribution in [0.5, 0.6) is 0 Å². The van der Waals surface area contributed by atoms with Gasteiger partial charge in [-0.3, -0.25) is 4.90 Å². The molecule has 4 rings (SSSR count). The molecule has 1 N–H and O–H groups in total. The Morgan fingerprint density at radius 1 is 1.10 bits per heavy atom. The third-order valence-corrected chi connectivity index (χ3v) is 5.01. The summed E-state index contributed by atoms with van der Waals surface area (Å²) in [7, 11) is 0. The van der Waals surface area contributed by atoms with Gasteiger partial charge >= 0.3 is 0 Å². The molecule has 0 amide bonds. The number of hydrogen-bond acceptors (Lipinski definition) is 7. The van der Waals surface area contributed by atoms with E-state index in [0.29, 0.717) is 0 Å². The van der Waals surface area contributed by atoms with Gasteiger partial charge in [0.25, 0.3) is 0 Å². The Bertz CT molecular complexity index is 521. The molecule has 21 heavy (non-hydrogen) atoms. The number of nitrogens with one attached hydrogen (secondary N) is 1. The van der Waals surface area contributed by atoms with Crippen molar-refractivity contribution < 1.29 is 9.47 Å². The summed E-state index contributed by atoms with van der Waals surface area (Å²) >= 11 is 1.76. The Hall–Kier alpha value is -1.15. The summed E-state index contributed by atoms with van der Waals surface area (Å²) in [6, 6.07) is 2.16. The van der Waals surface area contributed by atoms with Crippen LogP contribution in [-0.2, 0) is 9.47 Å². The molecule has 2 saturated heterocycles. The fourth-order valence-corrected chi connectivity index (χ4v) is 3.82. The topological polar surface area (TPSA) is 49.3 Å². The van der Waals surface area contributed by atoms with Crippen molar-refractivity contribution in [1.29, 1.82) is 0 Å². The highest BCUT2D eigenvalue weighted by atomic mass is 32.1. The van der Waals surface area contributed by atoms with Crippen LogP contribution in [-0.4, -0.2) is 74.5 Å². The predicted molar refractivity (Wildman–Crippen MR) is 83.1 cm³/mol. The molecule has 0 radical (unpaired) electrons. The molecule has 1 aromatic heterocycles. The Balaban J connectivity index is 1.61. The molecule has 6 nitrogen and oxygen atoms in total. The minimum absolute atomic E-state index is 0.0221. The zero-order valence-corrected chi connectivity index (χ0v) is 12.8. The molecule has 0 aromatic carbocycles. The SMILES string of the molecule is c1cc2c(s1)C(N1CCOCC1)=NC(N1CCOCC1)N2. The van der Waals surface area contributed by atoms with E-state index in [1.165, 1.54) is 10.6 Å². The van der Waals surface area contributed by atoms with Crippen LogP contribution in [0.25, 0.3) is 0 Å². The second-order valence-electron chi connectivity index (χ2n) is 5.38. The van der Waals surface area contributed by atoms with Gasteiger partial charge < -0.3 is 19.7 Å². The van der Waals surface area contributed by atoms with Crippen LogP contribution >= 0.6 is 11.3 Å². The summed E-state index contributed by atoms with van der Waals surface area (Å²) in [5, 5.41) is 5.69. The molecule has 1 aromatic rings. The van der Waals surface area contributed by atoms with Crippen LogP contribution in [0.1, 0.15) is 4.88 Å². The van der Waals surface area contributed by atoms with Crippen LogP contribution < -0.4 is 5.32 Å². The zero-order chi connectivity index (χ0) is 14.1. The molecule has 0 aliphatic carbocycles. The van der Waals surface area contributed by atoms with Crippen LogP contribution in [0, 0.1) is 0 Å². The molecule has 114 valence electrons. The second kappa shape index (κ2) is 5.92. The number of ether oxygens (including phenoxy) is 2. The van der Waals surface area contributed by atoms with Crippen molar-refractivity contribution in [1.82, 2.24) is 9.80 Å². The average Bonchev–Trinajstić information content (AvgIpc) is 3.04. The summed E-state index contributed by atoms with van der Waals surface area (Å²) in [4.78, 5) is 11.0. The standard InChI is InChI=1S/C14H20N4O2S/c1-10-21-12-11(1)15-14(18-4-8-20-9-5-18)16-13(12)17-2-6-19-7-3-17/h1,10,14-15H,2-9H2. The molecule has 4 heterocycles. The molecule has 3 aliphatic heterocycles. The Kier molecular flexibility index (Phi) is 3.81. The van der Waals surface area contributed by atoms with Crippen molar-refractivity contribution in [2.75, 3.05) is 57.9 Å². The molecule has 0 spiro atoms. The molecule has 0 bridgehead atoms. The van der Waals surface area contributed by atoms with Gasteiger partial charge in [0.1, 0.15) is 5.84 Å². The quantitative estimate of drug-likeness (QED) is 0.834. The summed E-state index contributed by atoms with van der Waals surface area (Å²) in [6.07, 6.45) is 0.0221. The van der Waals surface area contributed by atoms with Gasteiger partial charge in [0.2, 0.25) is 0 Å². The van der Waals surface area contributed by atoms with Gasteiger partial charge in [0.05, 0.1) is 37.0 Å². The van der Waals surface area contributed by atoms with E-state index in [9.17, 15) is 0 Å². The van der Waals surface area contributed by atoms with Gasteiger partial charge in [0.15, 0.2) is 6.29 Å². The fourth-order valence-electron chi connectivity index (χ4n) is 2.94. The lowest BCUT2D eigenvalue weighted by Gasteiger charge is -2.38. The number of nitrogens with zero attached hydrogens (tertiary/aromatic N) is 3. The van der Waals surface area contributed by atoms with Crippen molar-refractivity contribution in [2.24, 2.45) is 4.99 Å². The van der Waals surface area contributed by atoms with E-state index >= 15 is 0 Å². The van der Waals surface area contributed by atoms with E-state index in [1.807, 2.05) is 0 Å². The number of thiophene rings is 1. The summed E-state index contributed by atoms with van der Waals surface area (Å²) < 4.78 is 10.9. The molecule has 2 fully saturated rings. The van der Waals surface area contributed by atoms with E-state index in [2.05, 4.69) is 26.6 Å². The van der Waals surface area contributed by atoms with Crippen molar-refractivity contribution >= 4 is 22.9 Å². The third kappa shape index (κ3) is 2.66. The molecule has 1 atom stereocenters. The van der Waals surface area contributed by atoms with Crippen molar-refractivity contribution in [3.8, 4) is 0 Å². The number of anilines is 1. The van der Waals surface area contributed by atoms with E-state index < -0.39 is 0 Å². The number of amidine groups is 1. The zero-order valence-electron chi connectivity index (χ0n) is 12.0. The number of rotatable bonds is 1. The van der Waals surface area contributed by atoms with E-state index in [0.717, 1.165) is 58.4 Å². The normalized spacial score (nSPS) is 27.0. The maximum atomic E-state index is 5.47. The van der Waals surface area contributed by atoms with E-state index in [-0.39, 0.29) is 6.29 Å². The lowest BCUT2D eigenvalue weighted by molar-refractivity contribution is 0.0228. The first-order chi connectivity index (χ1) is 10.4. The summed E-state index contributed by atoms with van der Waals surface area (Å²) in [5.74, 6) is 1.12.